The Morgan fingerprint density at radius 2 is 1.81 bits per heavy atom. The zero-order chi connectivity index (χ0) is 16.2. The van der Waals surface area contributed by atoms with Crippen LogP contribution >= 0.6 is 22.6 Å². The van der Waals surface area contributed by atoms with E-state index in [-0.39, 0.29) is 6.42 Å². The fraction of sp³-hybridized carbons (Fsp3) is 0.467. The van der Waals surface area contributed by atoms with E-state index in [0.717, 1.165) is 3.57 Å². The standard InChI is InChI=1S/C15H20INO4/c1-15(2,3)21-14(20)13(11(17)8-12(18)19)9-4-6-10(16)7-5-9/h4-7,11,13H,8,17H2,1-3H3,(H,18,19)/t11-,13?/m0/s1. The normalized spacial score (nSPS) is 14.3. The fourth-order valence-corrected chi connectivity index (χ4v) is 2.27. The van der Waals surface area contributed by atoms with E-state index in [4.69, 9.17) is 15.6 Å². The maximum Gasteiger partial charge on any atom is 0.315 e. The summed E-state index contributed by atoms with van der Waals surface area (Å²) in [7, 11) is 0. The van der Waals surface area contributed by atoms with Crippen LogP contribution in [0.25, 0.3) is 0 Å². The number of esters is 1. The fourth-order valence-electron chi connectivity index (χ4n) is 1.91. The minimum atomic E-state index is -1.04. The van der Waals surface area contributed by atoms with Crippen molar-refractivity contribution in [2.24, 2.45) is 5.73 Å². The van der Waals surface area contributed by atoms with E-state index >= 15 is 0 Å². The molecule has 1 rings (SSSR count). The van der Waals surface area contributed by atoms with Crippen molar-refractivity contribution in [2.75, 3.05) is 0 Å². The summed E-state index contributed by atoms with van der Waals surface area (Å²) in [6.45, 7) is 5.29. The van der Waals surface area contributed by atoms with E-state index in [9.17, 15) is 9.59 Å². The lowest BCUT2D eigenvalue weighted by molar-refractivity contribution is -0.157. The van der Waals surface area contributed by atoms with Crippen molar-refractivity contribution in [1.82, 2.24) is 0 Å². The first-order valence-corrected chi connectivity index (χ1v) is 7.64. The lowest BCUT2D eigenvalue weighted by atomic mass is 9.90. The van der Waals surface area contributed by atoms with Crippen LogP contribution in [0.2, 0.25) is 0 Å². The Hall–Kier alpha value is -1.15. The first kappa shape index (κ1) is 17.9. The highest BCUT2D eigenvalue weighted by Crippen LogP contribution is 2.25. The molecule has 0 saturated carbocycles. The summed E-state index contributed by atoms with van der Waals surface area (Å²) in [6.07, 6.45) is -0.296. The number of rotatable bonds is 5. The summed E-state index contributed by atoms with van der Waals surface area (Å²) in [5, 5.41) is 8.90. The molecule has 0 aliphatic carbocycles. The molecule has 21 heavy (non-hydrogen) atoms. The molecule has 5 nitrogen and oxygen atoms in total. The Balaban J connectivity index is 3.07. The van der Waals surface area contributed by atoms with Crippen molar-refractivity contribution in [1.29, 1.82) is 0 Å². The van der Waals surface area contributed by atoms with E-state index in [2.05, 4.69) is 22.6 Å². The maximum atomic E-state index is 12.4. The Morgan fingerprint density at radius 3 is 2.24 bits per heavy atom. The predicted molar refractivity (Wildman–Crippen MR) is 88.0 cm³/mol. The summed E-state index contributed by atoms with van der Waals surface area (Å²) >= 11 is 2.16. The van der Waals surface area contributed by atoms with E-state index < -0.39 is 29.5 Å². The number of halogens is 1. The number of hydrogen-bond acceptors (Lipinski definition) is 4. The molecule has 0 saturated heterocycles. The Bertz CT molecular complexity index is 507. The first-order chi connectivity index (χ1) is 9.60. The second-order valence-corrected chi connectivity index (χ2v) is 7.07. The Morgan fingerprint density at radius 1 is 1.29 bits per heavy atom. The largest absolute Gasteiger partial charge is 0.481 e. The first-order valence-electron chi connectivity index (χ1n) is 6.56. The van der Waals surface area contributed by atoms with E-state index in [1.807, 2.05) is 12.1 Å². The van der Waals surface area contributed by atoms with Crippen LogP contribution in [0.1, 0.15) is 38.7 Å². The molecular weight excluding hydrogens is 385 g/mol. The molecule has 2 atom stereocenters. The molecule has 0 radical (unpaired) electrons. The van der Waals surface area contributed by atoms with Crippen LogP contribution in [-0.4, -0.2) is 28.7 Å². The van der Waals surface area contributed by atoms with Gasteiger partial charge in [0.15, 0.2) is 0 Å². The molecule has 0 amide bonds. The highest BCUT2D eigenvalue weighted by Gasteiger charge is 2.32. The Kier molecular flexibility index (Phi) is 6.15. The lowest BCUT2D eigenvalue weighted by Crippen LogP contribution is -2.39. The number of aliphatic carboxylic acids is 1. The zero-order valence-corrected chi connectivity index (χ0v) is 14.5. The molecule has 0 aromatic heterocycles. The van der Waals surface area contributed by atoms with Crippen LogP contribution in [0, 0.1) is 3.57 Å². The number of hydrogen-bond donors (Lipinski definition) is 2. The van der Waals surface area contributed by atoms with Gasteiger partial charge in [-0.05, 0) is 61.1 Å². The second-order valence-electron chi connectivity index (χ2n) is 5.82. The monoisotopic (exact) mass is 405 g/mol. The third-order valence-electron chi connectivity index (χ3n) is 2.73. The molecule has 0 heterocycles. The van der Waals surface area contributed by atoms with Crippen molar-refractivity contribution >= 4 is 34.5 Å². The molecule has 0 aliphatic rings. The number of nitrogens with two attached hydrogens (primary N) is 1. The van der Waals surface area contributed by atoms with Crippen molar-refractivity contribution in [3.63, 3.8) is 0 Å². The molecule has 1 aromatic carbocycles. The van der Waals surface area contributed by atoms with Crippen LogP contribution in [0.3, 0.4) is 0 Å². The molecule has 0 fully saturated rings. The van der Waals surface area contributed by atoms with Gasteiger partial charge >= 0.3 is 11.9 Å². The topological polar surface area (TPSA) is 89.6 Å². The Labute approximate surface area is 138 Å². The molecular formula is C15H20INO4. The minimum absolute atomic E-state index is 0.296. The number of carbonyl (C=O) groups is 2. The molecule has 1 aromatic rings. The summed E-state index contributed by atoms with van der Waals surface area (Å²) in [5.74, 6) is -2.34. The SMILES string of the molecule is CC(C)(C)OC(=O)C(c1ccc(I)cc1)[C@@H](N)CC(=O)O. The third kappa shape index (κ3) is 6.01. The van der Waals surface area contributed by atoms with Crippen molar-refractivity contribution in [2.45, 2.75) is 44.8 Å². The quantitative estimate of drug-likeness (QED) is 0.581. The smallest absolute Gasteiger partial charge is 0.315 e. The predicted octanol–water partition coefficient (Wildman–Crippen LogP) is 2.52. The highest BCUT2D eigenvalue weighted by atomic mass is 127. The van der Waals surface area contributed by atoms with Gasteiger partial charge in [-0.15, -0.1) is 0 Å². The van der Waals surface area contributed by atoms with Gasteiger partial charge in [0, 0.05) is 9.61 Å². The molecule has 3 N–H and O–H groups in total. The highest BCUT2D eigenvalue weighted by molar-refractivity contribution is 14.1. The molecule has 6 heteroatoms. The van der Waals surface area contributed by atoms with Gasteiger partial charge in [-0.25, -0.2) is 0 Å². The molecule has 0 aliphatic heterocycles. The van der Waals surface area contributed by atoms with Crippen LogP contribution < -0.4 is 5.73 Å². The van der Waals surface area contributed by atoms with E-state index in [1.54, 1.807) is 32.9 Å². The van der Waals surface area contributed by atoms with Crippen LogP contribution in [0.15, 0.2) is 24.3 Å². The summed E-state index contributed by atoms with van der Waals surface area (Å²) in [6, 6.07) is 6.41. The van der Waals surface area contributed by atoms with Gasteiger partial charge in [-0.1, -0.05) is 12.1 Å². The molecule has 116 valence electrons. The van der Waals surface area contributed by atoms with Gasteiger partial charge in [0.25, 0.3) is 0 Å². The zero-order valence-electron chi connectivity index (χ0n) is 12.3. The van der Waals surface area contributed by atoms with Gasteiger partial charge in [-0.2, -0.15) is 0 Å². The average Bonchev–Trinajstić information content (AvgIpc) is 2.28. The number of ether oxygens (including phenoxy) is 1. The van der Waals surface area contributed by atoms with Gasteiger partial charge < -0.3 is 15.6 Å². The van der Waals surface area contributed by atoms with Gasteiger partial charge in [0.2, 0.25) is 0 Å². The summed E-state index contributed by atoms with van der Waals surface area (Å²) in [5.41, 5.74) is 5.94. The third-order valence-corrected chi connectivity index (χ3v) is 3.45. The number of carboxylic acids is 1. The molecule has 0 spiro atoms. The minimum Gasteiger partial charge on any atom is -0.481 e. The number of carbonyl (C=O) groups excluding carboxylic acids is 1. The second kappa shape index (κ2) is 7.22. The van der Waals surface area contributed by atoms with Gasteiger partial charge in [0.1, 0.15) is 5.60 Å². The molecule has 0 bridgehead atoms. The van der Waals surface area contributed by atoms with Crippen LogP contribution in [-0.2, 0) is 14.3 Å². The van der Waals surface area contributed by atoms with E-state index in [0.29, 0.717) is 5.56 Å². The van der Waals surface area contributed by atoms with Crippen LogP contribution in [0.5, 0.6) is 0 Å². The average molecular weight is 405 g/mol. The van der Waals surface area contributed by atoms with Crippen LogP contribution in [0.4, 0.5) is 0 Å². The summed E-state index contributed by atoms with van der Waals surface area (Å²) < 4.78 is 6.39. The van der Waals surface area contributed by atoms with Gasteiger partial charge in [-0.3, -0.25) is 9.59 Å². The molecule has 1 unspecified atom stereocenters. The number of carboxylic acid groups (broad SMARTS) is 1. The summed E-state index contributed by atoms with van der Waals surface area (Å²) in [4.78, 5) is 23.2. The van der Waals surface area contributed by atoms with E-state index in [1.165, 1.54) is 0 Å². The lowest BCUT2D eigenvalue weighted by Gasteiger charge is -2.27. The van der Waals surface area contributed by atoms with Gasteiger partial charge in [0.05, 0.1) is 12.3 Å². The van der Waals surface area contributed by atoms with Crippen molar-refractivity contribution < 1.29 is 19.4 Å². The maximum absolute atomic E-state index is 12.4. The van der Waals surface area contributed by atoms with Crippen molar-refractivity contribution in [3.8, 4) is 0 Å². The number of benzene rings is 1. The van der Waals surface area contributed by atoms with Crippen molar-refractivity contribution in [3.05, 3.63) is 33.4 Å².